The Morgan fingerprint density at radius 1 is 1.55 bits per heavy atom. The summed E-state index contributed by atoms with van der Waals surface area (Å²) in [5.74, 6) is 0. The van der Waals surface area contributed by atoms with E-state index in [0.29, 0.717) is 13.2 Å². The van der Waals surface area contributed by atoms with Gasteiger partial charge in [-0.3, -0.25) is 0 Å². The molecule has 4 nitrogen and oxygen atoms in total. The maximum atomic E-state index is 8.87. The fourth-order valence-electron chi connectivity index (χ4n) is 0.541. The standard InChI is InChI=1S/C6H17NO3Si/c1-9-11(2,6-8)10-5-3-4-7/h8H,3-7H2,1-2H3. The van der Waals surface area contributed by atoms with E-state index in [0.717, 1.165) is 6.42 Å². The van der Waals surface area contributed by atoms with E-state index >= 15 is 0 Å². The van der Waals surface area contributed by atoms with Gasteiger partial charge in [0.05, 0.1) is 6.23 Å². The summed E-state index contributed by atoms with van der Waals surface area (Å²) in [6.07, 6.45) is 0.806. The lowest BCUT2D eigenvalue weighted by molar-refractivity contribution is 0.170. The van der Waals surface area contributed by atoms with Crippen LogP contribution in [0.4, 0.5) is 0 Å². The predicted molar refractivity (Wildman–Crippen MR) is 45.3 cm³/mol. The van der Waals surface area contributed by atoms with Gasteiger partial charge in [0.25, 0.3) is 0 Å². The van der Waals surface area contributed by atoms with Crippen LogP contribution in [0.5, 0.6) is 0 Å². The third kappa shape index (κ3) is 4.49. The lowest BCUT2D eigenvalue weighted by Crippen LogP contribution is -2.42. The van der Waals surface area contributed by atoms with Crippen molar-refractivity contribution in [3.63, 3.8) is 0 Å². The van der Waals surface area contributed by atoms with Crippen LogP contribution in [0.25, 0.3) is 0 Å². The largest absolute Gasteiger partial charge is 0.396 e. The highest BCUT2D eigenvalue weighted by Crippen LogP contribution is 2.03. The third-order valence-corrected chi connectivity index (χ3v) is 3.73. The van der Waals surface area contributed by atoms with Gasteiger partial charge in [0, 0.05) is 13.7 Å². The van der Waals surface area contributed by atoms with E-state index in [4.69, 9.17) is 19.7 Å². The summed E-state index contributed by atoms with van der Waals surface area (Å²) in [6, 6.07) is 0. The van der Waals surface area contributed by atoms with Crippen LogP contribution in [0.2, 0.25) is 6.55 Å². The maximum Gasteiger partial charge on any atom is 0.361 e. The van der Waals surface area contributed by atoms with E-state index in [-0.39, 0.29) is 6.23 Å². The van der Waals surface area contributed by atoms with E-state index in [1.807, 2.05) is 6.55 Å². The summed E-state index contributed by atoms with van der Waals surface area (Å²) in [5, 5.41) is 8.87. The minimum atomic E-state index is -2.23. The summed E-state index contributed by atoms with van der Waals surface area (Å²) in [6.45, 7) is 3.01. The molecule has 5 heteroatoms. The fraction of sp³-hybridized carbons (Fsp3) is 1.00. The molecule has 11 heavy (non-hydrogen) atoms. The van der Waals surface area contributed by atoms with Gasteiger partial charge in [0.1, 0.15) is 0 Å². The molecular formula is C6H17NO3Si. The van der Waals surface area contributed by atoms with Crippen molar-refractivity contribution in [3.8, 4) is 0 Å². The zero-order valence-corrected chi connectivity index (χ0v) is 8.17. The van der Waals surface area contributed by atoms with Crippen LogP contribution < -0.4 is 5.73 Å². The molecule has 1 unspecified atom stereocenters. The Hall–Kier alpha value is 0.0569. The highest BCUT2D eigenvalue weighted by molar-refractivity contribution is 6.65. The van der Waals surface area contributed by atoms with Gasteiger partial charge in [-0.05, 0) is 19.5 Å². The molecule has 0 aromatic rings. The molecule has 0 aliphatic carbocycles. The average Bonchev–Trinajstić information content (AvgIpc) is 2.05. The molecule has 0 amide bonds. The molecule has 0 aliphatic heterocycles. The first-order chi connectivity index (χ1) is 5.18. The lowest BCUT2D eigenvalue weighted by Gasteiger charge is -2.22. The van der Waals surface area contributed by atoms with Gasteiger partial charge in [-0.2, -0.15) is 0 Å². The number of nitrogens with two attached hydrogens (primary N) is 1. The molecule has 3 N–H and O–H groups in total. The van der Waals surface area contributed by atoms with Gasteiger partial charge in [-0.15, -0.1) is 0 Å². The van der Waals surface area contributed by atoms with Gasteiger partial charge in [-0.25, -0.2) is 0 Å². The van der Waals surface area contributed by atoms with Crippen LogP contribution in [0.3, 0.4) is 0 Å². The average molecular weight is 179 g/mol. The van der Waals surface area contributed by atoms with E-state index in [1.165, 1.54) is 0 Å². The summed E-state index contributed by atoms with van der Waals surface area (Å²) < 4.78 is 10.4. The van der Waals surface area contributed by atoms with Crippen molar-refractivity contribution in [2.45, 2.75) is 13.0 Å². The first kappa shape index (κ1) is 11.1. The number of rotatable bonds is 6. The van der Waals surface area contributed by atoms with Gasteiger partial charge in [-0.1, -0.05) is 0 Å². The van der Waals surface area contributed by atoms with Crippen molar-refractivity contribution in [2.75, 3.05) is 26.5 Å². The zero-order valence-electron chi connectivity index (χ0n) is 7.17. The zero-order chi connectivity index (χ0) is 8.74. The second-order valence-corrected chi connectivity index (χ2v) is 5.77. The highest BCUT2D eigenvalue weighted by Gasteiger charge is 2.28. The Kier molecular flexibility index (Phi) is 5.70. The third-order valence-electron chi connectivity index (χ3n) is 1.47. The van der Waals surface area contributed by atoms with Crippen LogP contribution in [0.15, 0.2) is 0 Å². The maximum absolute atomic E-state index is 8.87. The summed E-state index contributed by atoms with van der Waals surface area (Å²) in [5.41, 5.74) is 5.27. The van der Waals surface area contributed by atoms with Crippen molar-refractivity contribution < 1.29 is 14.0 Å². The Morgan fingerprint density at radius 2 is 2.18 bits per heavy atom. The van der Waals surface area contributed by atoms with Crippen molar-refractivity contribution in [1.29, 1.82) is 0 Å². The second kappa shape index (κ2) is 5.67. The molecule has 0 saturated heterocycles. The number of aliphatic hydroxyl groups is 1. The van der Waals surface area contributed by atoms with E-state index < -0.39 is 8.56 Å². The minimum absolute atomic E-state index is 0.00588. The Balaban J connectivity index is 3.51. The van der Waals surface area contributed by atoms with E-state index in [9.17, 15) is 0 Å². The Morgan fingerprint density at radius 3 is 2.55 bits per heavy atom. The SMILES string of the molecule is CO[Si](C)(CO)OCCCN. The first-order valence-electron chi connectivity index (χ1n) is 3.68. The Labute approximate surface area is 68.6 Å². The first-order valence-corrected chi connectivity index (χ1v) is 6.21. The molecule has 0 bridgehead atoms. The van der Waals surface area contributed by atoms with Gasteiger partial charge < -0.3 is 19.7 Å². The molecule has 0 saturated carbocycles. The Bertz CT molecular complexity index is 97.8. The number of hydrogen-bond donors (Lipinski definition) is 2. The van der Waals surface area contributed by atoms with Gasteiger partial charge in [0.2, 0.25) is 0 Å². The van der Waals surface area contributed by atoms with Gasteiger partial charge in [0.15, 0.2) is 0 Å². The highest BCUT2D eigenvalue weighted by atomic mass is 28.4. The number of hydrogen-bond acceptors (Lipinski definition) is 4. The quantitative estimate of drug-likeness (QED) is 0.430. The molecular weight excluding hydrogens is 162 g/mol. The summed E-state index contributed by atoms with van der Waals surface area (Å²) >= 11 is 0. The molecule has 0 radical (unpaired) electrons. The molecule has 0 aliphatic rings. The molecule has 0 spiro atoms. The van der Waals surface area contributed by atoms with Crippen molar-refractivity contribution in [1.82, 2.24) is 0 Å². The smallest absolute Gasteiger partial charge is 0.361 e. The molecule has 0 heterocycles. The van der Waals surface area contributed by atoms with Crippen LogP contribution in [-0.4, -0.2) is 40.2 Å². The second-order valence-electron chi connectivity index (χ2n) is 2.49. The van der Waals surface area contributed by atoms with Crippen LogP contribution in [-0.2, 0) is 8.85 Å². The topological polar surface area (TPSA) is 64.7 Å². The van der Waals surface area contributed by atoms with E-state index in [1.54, 1.807) is 7.11 Å². The predicted octanol–water partition coefficient (Wildman–Crippen LogP) is -0.398. The fourth-order valence-corrected chi connectivity index (χ4v) is 1.45. The van der Waals surface area contributed by atoms with Crippen molar-refractivity contribution in [3.05, 3.63) is 0 Å². The van der Waals surface area contributed by atoms with Crippen LogP contribution in [0.1, 0.15) is 6.42 Å². The van der Waals surface area contributed by atoms with Crippen LogP contribution >= 0.6 is 0 Å². The van der Waals surface area contributed by atoms with Gasteiger partial charge >= 0.3 is 8.56 Å². The monoisotopic (exact) mass is 179 g/mol. The molecule has 1 atom stereocenters. The molecule has 0 rings (SSSR count). The minimum Gasteiger partial charge on any atom is -0.396 e. The normalized spacial score (nSPS) is 16.4. The van der Waals surface area contributed by atoms with Crippen LogP contribution in [0, 0.1) is 0 Å². The summed E-state index contributed by atoms with van der Waals surface area (Å²) in [4.78, 5) is 0. The summed E-state index contributed by atoms with van der Waals surface area (Å²) in [7, 11) is -0.674. The lowest BCUT2D eigenvalue weighted by atomic mass is 10.5. The molecule has 0 fully saturated rings. The van der Waals surface area contributed by atoms with Crippen molar-refractivity contribution in [2.24, 2.45) is 5.73 Å². The van der Waals surface area contributed by atoms with Crippen molar-refractivity contribution >= 4 is 8.56 Å². The molecule has 0 aromatic carbocycles. The molecule has 0 aromatic heterocycles. The van der Waals surface area contributed by atoms with E-state index in [2.05, 4.69) is 0 Å². The number of aliphatic hydroxyl groups excluding tert-OH is 1. The molecule has 68 valence electrons.